The van der Waals surface area contributed by atoms with Crippen molar-refractivity contribution in [3.8, 4) is 11.1 Å². The van der Waals surface area contributed by atoms with Crippen LogP contribution in [0.3, 0.4) is 0 Å². The van der Waals surface area contributed by atoms with Gasteiger partial charge in [-0.25, -0.2) is 0 Å². The molecule has 5 aromatic rings. The summed E-state index contributed by atoms with van der Waals surface area (Å²) in [4.78, 5) is 6.85. The van der Waals surface area contributed by atoms with E-state index in [1.165, 1.54) is 96.1 Å². The van der Waals surface area contributed by atoms with Gasteiger partial charge in [-0.05, 0) is 145 Å². The van der Waals surface area contributed by atoms with E-state index in [4.69, 9.17) is 0 Å². The van der Waals surface area contributed by atoms with Gasteiger partial charge < -0.3 is 9.80 Å². The van der Waals surface area contributed by atoms with E-state index in [0.717, 1.165) is 0 Å². The van der Waals surface area contributed by atoms with Crippen molar-refractivity contribution in [3.63, 3.8) is 0 Å². The van der Waals surface area contributed by atoms with Crippen LogP contribution in [0.4, 0.5) is 28.4 Å². The molecule has 5 aliphatic rings. The number of benzene rings is 5. The Labute approximate surface area is 365 Å². The van der Waals surface area contributed by atoms with Gasteiger partial charge in [0.1, 0.15) is 0 Å². The average molecular weight is 805 g/mol. The molecule has 2 nitrogen and oxygen atoms in total. The highest BCUT2D eigenvalue weighted by molar-refractivity contribution is 8.06. The molecule has 0 N–H and O–H groups in total. The predicted molar refractivity (Wildman–Crippen MR) is 262 cm³/mol. The van der Waals surface area contributed by atoms with E-state index < -0.39 is 0 Å². The molecule has 2 atom stereocenters. The van der Waals surface area contributed by atoms with Crippen LogP contribution < -0.4 is 20.7 Å². The number of anilines is 5. The molecule has 1 fully saturated rings. The maximum atomic E-state index is 2.75. The van der Waals surface area contributed by atoms with Crippen molar-refractivity contribution in [2.24, 2.45) is 16.7 Å². The number of aryl methyl sites for hydroxylation is 2. The van der Waals surface area contributed by atoms with Crippen molar-refractivity contribution in [1.29, 1.82) is 0 Å². The van der Waals surface area contributed by atoms with E-state index in [9.17, 15) is 0 Å². The Bertz CT molecular complexity index is 2680. The average Bonchev–Trinajstić information content (AvgIpc) is 3.57. The third-order valence-electron chi connectivity index (χ3n) is 14.5. The minimum Gasteiger partial charge on any atom is -0.314 e. The second-order valence-electron chi connectivity index (χ2n) is 21.8. The monoisotopic (exact) mass is 804 g/mol. The first-order chi connectivity index (χ1) is 28.3. The molecular weight excluding hydrogens is 744 g/mol. The Balaban J connectivity index is 1.28. The molecule has 0 aromatic heterocycles. The molecule has 10 rings (SSSR count). The van der Waals surface area contributed by atoms with Gasteiger partial charge >= 0.3 is 0 Å². The maximum absolute atomic E-state index is 2.75. The number of rotatable bonds is 3. The summed E-state index contributed by atoms with van der Waals surface area (Å²) in [5, 5.41) is 0.332. The number of nitrogens with zero attached hydrogens (tertiary/aromatic N) is 2. The van der Waals surface area contributed by atoms with E-state index >= 15 is 0 Å². The Morgan fingerprint density at radius 3 is 1.87 bits per heavy atom. The first kappa shape index (κ1) is 39.5. The zero-order chi connectivity index (χ0) is 42.3. The second-order valence-corrected chi connectivity index (χ2v) is 23.0. The van der Waals surface area contributed by atoms with Crippen LogP contribution in [0.2, 0.25) is 0 Å². The van der Waals surface area contributed by atoms with Gasteiger partial charge in [0.15, 0.2) is 0 Å². The minimum absolute atomic E-state index is 0.00993. The fourth-order valence-corrected chi connectivity index (χ4v) is 12.4. The highest BCUT2D eigenvalue weighted by Gasteiger charge is 2.53. The van der Waals surface area contributed by atoms with Crippen molar-refractivity contribution in [1.82, 2.24) is 0 Å². The molecule has 2 unspecified atom stereocenters. The van der Waals surface area contributed by atoms with Crippen molar-refractivity contribution in [2.45, 2.75) is 112 Å². The van der Waals surface area contributed by atoms with Crippen LogP contribution in [0, 0.1) is 30.6 Å². The minimum atomic E-state index is 0.00993. The summed E-state index contributed by atoms with van der Waals surface area (Å²) in [5.41, 5.74) is 22.1. The molecule has 0 radical (unpaired) electrons. The fraction of sp³-hybridized carbons (Fsp3) is 0.357. The van der Waals surface area contributed by atoms with Crippen LogP contribution in [0.1, 0.15) is 104 Å². The Morgan fingerprint density at radius 1 is 0.600 bits per heavy atom. The predicted octanol–water partition coefficient (Wildman–Crippen LogP) is 14.3. The van der Waals surface area contributed by atoms with Crippen molar-refractivity contribution in [2.75, 3.05) is 9.80 Å². The van der Waals surface area contributed by atoms with E-state index in [-0.39, 0.29) is 34.3 Å². The molecule has 3 heterocycles. The summed E-state index contributed by atoms with van der Waals surface area (Å²) in [6.07, 6.45) is 7.91. The van der Waals surface area contributed by atoms with Gasteiger partial charge in [-0.15, -0.1) is 11.8 Å². The molecule has 60 heavy (non-hydrogen) atoms. The molecule has 0 saturated heterocycles. The lowest BCUT2D eigenvalue weighted by atomic mass is 9.36. The van der Waals surface area contributed by atoms with Crippen LogP contribution >= 0.6 is 11.8 Å². The van der Waals surface area contributed by atoms with Crippen LogP contribution in [-0.4, -0.2) is 12.0 Å². The molecular formula is C56H61BN2S. The molecule has 0 amide bonds. The van der Waals surface area contributed by atoms with Gasteiger partial charge in [0, 0.05) is 45.3 Å². The lowest BCUT2D eigenvalue weighted by Gasteiger charge is -2.48. The molecule has 5 aromatic carbocycles. The fourth-order valence-electron chi connectivity index (χ4n) is 10.9. The van der Waals surface area contributed by atoms with E-state index in [2.05, 4.69) is 220 Å². The van der Waals surface area contributed by atoms with Crippen LogP contribution in [-0.2, 0) is 10.8 Å². The van der Waals surface area contributed by atoms with E-state index in [1.807, 2.05) is 0 Å². The van der Waals surface area contributed by atoms with Crippen LogP contribution in [0.25, 0.3) is 11.1 Å². The van der Waals surface area contributed by atoms with Crippen molar-refractivity contribution >= 4 is 57.8 Å². The van der Waals surface area contributed by atoms with Gasteiger partial charge in [0.25, 0.3) is 6.71 Å². The van der Waals surface area contributed by atoms with Gasteiger partial charge in [-0.2, -0.15) is 0 Å². The van der Waals surface area contributed by atoms with Crippen LogP contribution in [0.15, 0.2) is 137 Å². The third-order valence-corrected chi connectivity index (χ3v) is 15.9. The number of allylic oxidation sites excluding steroid dienone is 3. The summed E-state index contributed by atoms with van der Waals surface area (Å²) in [5.74, 6) is 0.256. The van der Waals surface area contributed by atoms with Crippen molar-refractivity contribution < 1.29 is 0 Å². The standard InChI is InChI=1S/C56H61BN2S/c1-34-28-47-50-48(29-34)59(46-30-37(19-18-35(46)2)36-16-14-13-15-17-36)51-41-32-42-43(56(11,12)27-26-55(42,9)10)33-49(41)60-52(51)57(50)44-31-39(54(6,7)8)22-25-45(44)58(47)40-23-20-38(21-24-40)53(3,4)5/h13-25,28-33,41,49H,26-27H2,1-12H3. The number of hydrogen-bond donors (Lipinski definition) is 0. The summed E-state index contributed by atoms with van der Waals surface area (Å²) >= 11 is 2.16. The lowest BCUT2D eigenvalue weighted by Crippen LogP contribution is -2.55. The molecule has 2 aliphatic carbocycles. The summed E-state index contributed by atoms with van der Waals surface area (Å²) < 4.78 is 0. The molecule has 3 aliphatic heterocycles. The topological polar surface area (TPSA) is 6.48 Å². The second kappa shape index (κ2) is 13.4. The number of fused-ring (bicyclic) bond motifs is 6. The molecule has 1 saturated carbocycles. The SMILES string of the molecule is Cc1cc2c3c(c1)N(c1ccc(C(C)(C)C)cc1)c1ccc(C(C)(C)C)cc1B3C1=C(C3C=C4C(=CC3S1)C(C)(C)CCC4(C)C)N2c1cc(-c2ccccc2)ccc1C. The van der Waals surface area contributed by atoms with Crippen LogP contribution in [0.5, 0.6) is 0 Å². The number of thioether (sulfide) groups is 1. The summed E-state index contributed by atoms with van der Waals surface area (Å²) in [6.45, 7) is 28.7. The quantitative estimate of drug-likeness (QED) is 0.168. The Kier molecular flexibility index (Phi) is 8.83. The highest BCUT2D eigenvalue weighted by atomic mass is 32.2. The summed E-state index contributed by atoms with van der Waals surface area (Å²) in [6, 6.07) is 39.9. The lowest BCUT2D eigenvalue weighted by molar-refractivity contribution is 0.255. The zero-order valence-corrected chi connectivity index (χ0v) is 38.7. The van der Waals surface area contributed by atoms with Gasteiger partial charge in [-0.3, -0.25) is 0 Å². The zero-order valence-electron chi connectivity index (χ0n) is 37.9. The van der Waals surface area contributed by atoms with Crippen molar-refractivity contribution in [3.05, 3.63) is 159 Å². The smallest absolute Gasteiger partial charge is 0.259 e. The normalized spacial score (nSPS) is 21.1. The van der Waals surface area contributed by atoms with E-state index in [0.29, 0.717) is 5.25 Å². The third kappa shape index (κ3) is 6.13. The van der Waals surface area contributed by atoms with Gasteiger partial charge in [0.2, 0.25) is 0 Å². The van der Waals surface area contributed by atoms with E-state index in [1.54, 1.807) is 11.1 Å². The molecule has 0 spiro atoms. The number of hydrogen-bond acceptors (Lipinski definition) is 3. The maximum Gasteiger partial charge on any atom is 0.259 e. The van der Waals surface area contributed by atoms with Gasteiger partial charge in [0.05, 0.1) is 0 Å². The molecule has 4 heteroatoms. The first-order valence-electron chi connectivity index (χ1n) is 22.3. The molecule has 0 bridgehead atoms. The van der Waals surface area contributed by atoms with Gasteiger partial charge in [-0.1, -0.05) is 148 Å². The Morgan fingerprint density at radius 2 is 1.22 bits per heavy atom. The largest absolute Gasteiger partial charge is 0.314 e. The first-order valence-corrected chi connectivity index (χ1v) is 23.2. The highest BCUT2D eigenvalue weighted by Crippen LogP contribution is 2.61. The molecule has 304 valence electrons. The Hall–Kier alpha value is -4.67. The summed E-state index contributed by atoms with van der Waals surface area (Å²) in [7, 11) is 0.